The largest absolute Gasteiger partial charge is 0.396 e. The summed E-state index contributed by atoms with van der Waals surface area (Å²) >= 11 is 1.94. The summed E-state index contributed by atoms with van der Waals surface area (Å²) in [7, 11) is 0. The van der Waals surface area contributed by atoms with Gasteiger partial charge in [0.25, 0.3) is 0 Å². The molecular formula is C14H20O2S. The van der Waals surface area contributed by atoms with Crippen LogP contribution in [0.1, 0.15) is 24.2 Å². The van der Waals surface area contributed by atoms with Crippen LogP contribution >= 0.6 is 11.8 Å². The molecule has 2 rings (SSSR count). The van der Waals surface area contributed by atoms with Crippen molar-refractivity contribution in [2.45, 2.75) is 18.6 Å². The molecule has 1 N–H and O–H groups in total. The predicted octanol–water partition coefficient (Wildman–Crippen LogP) is 2.88. The van der Waals surface area contributed by atoms with Gasteiger partial charge < -0.3 is 9.84 Å². The molecule has 0 amide bonds. The summed E-state index contributed by atoms with van der Waals surface area (Å²) in [5.74, 6) is 0.983. The summed E-state index contributed by atoms with van der Waals surface area (Å²) in [5.41, 5.74) is 1.40. The van der Waals surface area contributed by atoms with E-state index in [1.165, 1.54) is 5.56 Å². The Kier molecular flexibility index (Phi) is 4.48. The molecule has 1 unspecified atom stereocenters. The third kappa shape index (κ3) is 3.03. The zero-order chi connectivity index (χ0) is 12.1. The van der Waals surface area contributed by atoms with Gasteiger partial charge in [-0.05, 0) is 12.0 Å². The average molecular weight is 252 g/mol. The van der Waals surface area contributed by atoms with Gasteiger partial charge in [0.05, 0.1) is 19.8 Å². The maximum absolute atomic E-state index is 9.40. The number of rotatable bonds is 6. The molecule has 0 spiro atoms. The highest BCUT2D eigenvalue weighted by Crippen LogP contribution is 2.39. The van der Waals surface area contributed by atoms with Crippen molar-refractivity contribution in [1.29, 1.82) is 0 Å². The Hall–Kier alpha value is -0.510. The molecule has 17 heavy (non-hydrogen) atoms. The van der Waals surface area contributed by atoms with Crippen molar-refractivity contribution in [3.05, 3.63) is 35.9 Å². The molecule has 3 heteroatoms. The van der Waals surface area contributed by atoms with E-state index in [4.69, 9.17) is 4.74 Å². The van der Waals surface area contributed by atoms with Crippen molar-refractivity contribution in [1.82, 2.24) is 0 Å². The second-order valence-corrected chi connectivity index (χ2v) is 5.96. The average Bonchev–Trinajstić information content (AvgIpc) is 2.34. The highest BCUT2D eigenvalue weighted by atomic mass is 32.2. The molecule has 1 aromatic rings. The number of aliphatic hydroxyl groups is 1. The Morgan fingerprint density at radius 3 is 2.53 bits per heavy atom. The van der Waals surface area contributed by atoms with Gasteiger partial charge in [0.2, 0.25) is 0 Å². The third-order valence-corrected chi connectivity index (χ3v) is 5.07. The highest BCUT2D eigenvalue weighted by molar-refractivity contribution is 7.99. The number of thioether (sulfide) groups is 1. The second kappa shape index (κ2) is 5.89. The van der Waals surface area contributed by atoms with Gasteiger partial charge >= 0.3 is 0 Å². The Labute approximate surface area is 107 Å². The number of ether oxygens (including phenoxy) is 1. The Morgan fingerprint density at radius 2 is 2.06 bits per heavy atom. The van der Waals surface area contributed by atoms with E-state index in [1.54, 1.807) is 0 Å². The number of benzene rings is 1. The zero-order valence-electron chi connectivity index (χ0n) is 10.3. The van der Waals surface area contributed by atoms with Crippen LogP contribution in [0, 0.1) is 5.41 Å². The van der Waals surface area contributed by atoms with Crippen LogP contribution in [0.2, 0.25) is 0 Å². The maximum Gasteiger partial charge on any atom is 0.0575 e. The summed E-state index contributed by atoms with van der Waals surface area (Å²) < 4.78 is 5.23. The van der Waals surface area contributed by atoms with Crippen LogP contribution in [0.4, 0.5) is 0 Å². The van der Waals surface area contributed by atoms with Crippen LogP contribution in [-0.2, 0) is 4.74 Å². The van der Waals surface area contributed by atoms with Crippen LogP contribution in [0.3, 0.4) is 0 Å². The standard InChI is InChI=1S/C14H20O2S/c1-2-13(12-6-4-3-5-7-12)17-11-14(8-15)9-16-10-14/h3-7,13,15H,2,8-11H2,1H3. The Morgan fingerprint density at radius 1 is 1.35 bits per heavy atom. The van der Waals surface area contributed by atoms with Gasteiger partial charge in [-0.15, -0.1) is 0 Å². The van der Waals surface area contributed by atoms with E-state index in [0.717, 1.165) is 12.2 Å². The van der Waals surface area contributed by atoms with Crippen molar-refractivity contribution in [2.24, 2.45) is 5.41 Å². The smallest absolute Gasteiger partial charge is 0.0575 e. The summed E-state index contributed by atoms with van der Waals surface area (Å²) in [4.78, 5) is 0. The first-order chi connectivity index (χ1) is 8.29. The molecule has 1 aliphatic heterocycles. The molecule has 1 atom stereocenters. The number of aliphatic hydroxyl groups excluding tert-OH is 1. The van der Waals surface area contributed by atoms with Gasteiger partial charge in [0.15, 0.2) is 0 Å². The first kappa shape index (κ1) is 12.9. The van der Waals surface area contributed by atoms with E-state index >= 15 is 0 Å². The Balaban J connectivity index is 1.92. The molecule has 0 radical (unpaired) electrons. The summed E-state index contributed by atoms with van der Waals surface area (Å²) in [6, 6.07) is 10.6. The van der Waals surface area contributed by atoms with Gasteiger partial charge in [-0.3, -0.25) is 0 Å². The normalized spacial score (nSPS) is 19.6. The summed E-state index contributed by atoms with van der Waals surface area (Å²) in [6.45, 7) is 3.88. The van der Waals surface area contributed by atoms with Crippen LogP contribution in [0.15, 0.2) is 30.3 Å². The predicted molar refractivity (Wildman–Crippen MR) is 72.3 cm³/mol. The highest BCUT2D eigenvalue weighted by Gasteiger charge is 2.38. The molecule has 1 heterocycles. The van der Waals surface area contributed by atoms with Gasteiger partial charge in [-0.2, -0.15) is 11.8 Å². The molecule has 1 aromatic carbocycles. The van der Waals surface area contributed by atoms with Gasteiger partial charge in [0, 0.05) is 16.4 Å². The van der Waals surface area contributed by atoms with Crippen molar-refractivity contribution in [3.63, 3.8) is 0 Å². The van der Waals surface area contributed by atoms with Gasteiger partial charge in [-0.1, -0.05) is 37.3 Å². The van der Waals surface area contributed by atoms with E-state index in [-0.39, 0.29) is 12.0 Å². The molecule has 94 valence electrons. The number of hydrogen-bond donors (Lipinski definition) is 1. The second-order valence-electron chi connectivity index (χ2n) is 4.77. The van der Waals surface area contributed by atoms with Crippen LogP contribution in [0.5, 0.6) is 0 Å². The minimum Gasteiger partial charge on any atom is -0.396 e. The molecule has 0 bridgehead atoms. The molecule has 2 nitrogen and oxygen atoms in total. The van der Waals surface area contributed by atoms with Crippen molar-refractivity contribution < 1.29 is 9.84 Å². The first-order valence-corrected chi connectivity index (χ1v) is 7.20. The van der Waals surface area contributed by atoms with Crippen molar-refractivity contribution in [3.8, 4) is 0 Å². The van der Waals surface area contributed by atoms with E-state index in [0.29, 0.717) is 18.5 Å². The minimum atomic E-state index is 0.0207. The molecule has 1 fully saturated rings. The lowest BCUT2D eigenvalue weighted by Crippen LogP contribution is -2.47. The maximum atomic E-state index is 9.40. The molecule has 1 saturated heterocycles. The SMILES string of the molecule is CCC(SCC1(CO)COC1)c1ccccc1. The lowest BCUT2D eigenvalue weighted by Gasteiger charge is -2.40. The monoisotopic (exact) mass is 252 g/mol. The van der Waals surface area contributed by atoms with E-state index in [9.17, 15) is 5.11 Å². The topological polar surface area (TPSA) is 29.5 Å². The minimum absolute atomic E-state index is 0.0207. The molecule has 0 aromatic heterocycles. The van der Waals surface area contributed by atoms with E-state index in [2.05, 4.69) is 37.3 Å². The number of hydrogen-bond acceptors (Lipinski definition) is 3. The molecule has 0 aliphatic carbocycles. The van der Waals surface area contributed by atoms with E-state index < -0.39 is 0 Å². The first-order valence-electron chi connectivity index (χ1n) is 6.15. The fourth-order valence-electron chi connectivity index (χ4n) is 2.01. The fraction of sp³-hybridized carbons (Fsp3) is 0.571. The lowest BCUT2D eigenvalue weighted by atomic mass is 9.90. The van der Waals surface area contributed by atoms with Crippen molar-refractivity contribution in [2.75, 3.05) is 25.6 Å². The van der Waals surface area contributed by atoms with Gasteiger partial charge in [-0.25, -0.2) is 0 Å². The summed E-state index contributed by atoms with van der Waals surface area (Å²) in [5, 5.41) is 9.93. The van der Waals surface area contributed by atoms with Crippen molar-refractivity contribution >= 4 is 11.8 Å². The van der Waals surface area contributed by atoms with Crippen LogP contribution in [-0.4, -0.2) is 30.7 Å². The zero-order valence-corrected chi connectivity index (χ0v) is 11.1. The molecule has 0 saturated carbocycles. The molecule has 1 aliphatic rings. The van der Waals surface area contributed by atoms with Gasteiger partial charge in [0.1, 0.15) is 0 Å². The van der Waals surface area contributed by atoms with Crippen LogP contribution < -0.4 is 0 Å². The van der Waals surface area contributed by atoms with Crippen LogP contribution in [0.25, 0.3) is 0 Å². The summed E-state index contributed by atoms with van der Waals surface area (Å²) in [6.07, 6.45) is 1.12. The molecular weight excluding hydrogens is 232 g/mol. The Bertz CT molecular complexity index is 330. The quantitative estimate of drug-likeness (QED) is 0.844. The fourth-order valence-corrected chi connectivity index (χ4v) is 3.40. The third-order valence-electron chi connectivity index (χ3n) is 3.28. The van der Waals surface area contributed by atoms with E-state index in [1.807, 2.05) is 11.8 Å². The lowest BCUT2D eigenvalue weighted by molar-refractivity contribution is -0.121.